The SMILES string of the molecule is Cc1c(C(=O)NCc2ccccc2C#N)c(-c2ccc3cn[nH]c3c2)c(-c2cc([N+](=O)[O-])ccc2C(=O)N2Cc3ccccc3C[C@H]2CN2CCOCC2)n1C. The Bertz CT molecular complexity index is 2540. The van der Waals surface area contributed by atoms with Crippen LogP contribution in [0, 0.1) is 28.4 Å². The van der Waals surface area contributed by atoms with Crippen LogP contribution in [0.1, 0.15) is 48.7 Å². The maximum Gasteiger partial charge on any atom is 0.270 e. The zero-order valence-electron chi connectivity index (χ0n) is 31.1. The molecule has 0 aliphatic carbocycles. The van der Waals surface area contributed by atoms with E-state index in [1.165, 1.54) is 17.7 Å². The zero-order valence-corrected chi connectivity index (χ0v) is 31.1. The van der Waals surface area contributed by atoms with Gasteiger partial charge < -0.3 is 19.5 Å². The molecule has 0 bridgehead atoms. The van der Waals surface area contributed by atoms with Crippen LogP contribution in [0.25, 0.3) is 33.3 Å². The van der Waals surface area contributed by atoms with E-state index in [1.54, 1.807) is 37.5 Å². The molecular weight excluding hydrogens is 709 g/mol. The van der Waals surface area contributed by atoms with Crippen molar-refractivity contribution in [2.75, 3.05) is 32.8 Å². The van der Waals surface area contributed by atoms with Crippen molar-refractivity contribution in [1.29, 1.82) is 5.26 Å². The van der Waals surface area contributed by atoms with Crippen molar-refractivity contribution in [3.63, 3.8) is 0 Å². The molecule has 2 amide bonds. The number of H-pyrrole nitrogens is 1. The molecule has 2 aliphatic heterocycles. The number of morpholine rings is 1. The number of nitriles is 1. The number of rotatable bonds is 9. The van der Waals surface area contributed by atoms with Gasteiger partial charge in [-0.15, -0.1) is 0 Å². The minimum absolute atomic E-state index is 0.104. The van der Waals surface area contributed by atoms with Crippen LogP contribution in [-0.4, -0.2) is 80.2 Å². The second-order valence-corrected chi connectivity index (χ2v) is 14.3. The van der Waals surface area contributed by atoms with Crippen molar-refractivity contribution < 1.29 is 19.2 Å². The number of aromatic amines is 1. The van der Waals surface area contributed by atoms with Gasteiger partial charge in [0.1, 0.15) is 0 Å². The number of nitro benzene ring substituents is 1. The number of benzene rings is 4. The van der Waals surface area contributed by atoms with Gasteiger partial charge >= 0.3 is 0 Å². The van der Waals surface area contributed by atoms with Gasteiger partial charge in [0.15, 0.2) is 0 Å². The molecular formula is C43H40N8O5. The summed E-state index contributed by atoms with van der Waals surface area (Å²) < 4.78 is 7.44. The Morgan fingerprint density at radius 2 is 1.80 bits per heavy atom. The third-order valence-electron chi connectivity index (χ3n) is 11.1. The second kappa shape index (κ2) is 15.3. The Morgan fingerprint density at radius 1 is 1.04 bits per heavy atom. The first-order valence-corrected chi connectivity index (χ1v) is 18.6. The Balaban J connectivity index is 1.28. The Morgan fingerprint density at radius 3 is 2.59 bits per heavy atom. The number of non-ortho nitro benzene ring substituents is 1. The molecule has 4 aromatic carbocycles. The summed E-state index contributed by atoms with van der Waals surface area (Å²) >= 11 is 0. The first-order chi connectivity index (χ1) is 27.2. The number of aromatic nitrogens is 3. The lowest BCUT2D eigenvalue weighted by Crippen LogP contribution is -2.52. The lowest BCUT2D eigenvalue weighted by Gasteiger charge is -2.40. The highest BCUT2D eigenvalue weighted by atomic mass is 16.6. The lowest BCUT2D eigenvalue weighted by atomic mass is 9.90. The first kappa shape index (κ1) is 36.4. The summed E-state index contributed by atoms with van der Waals surface area (Å²) in [6.45, 7) is 5.75. The quantitative estimate of drug-likeness (QED) is 0.131. The predicted octanol–water partition coefficient (Wildman–Crippen LogP) is 6.15. The highest BCUT2D eigenvalue weighted by Gasteiger charge is 2.35. The highest BCUT2D eigenvalue weighted by molar-refractivity contribution is 6.10. The molecule has 4 heterocycles. The smallest absolute Gasteiger partial charge is 0.270 e. The molecule has 1 atom stereocenters. The normalized spacial score (nSPS) is 15.7. The number of nitro groups is 1. The van der Waals surface area contributed by atoms with Crippen LogP contribution in [0.2, 0.25) is 0 Å². The Labute approximate surface area is 323 Å². The van der Waals surface area contributed by atoms with Gasteiger partial charge in [-0.1, -0.05) is 54.6 Å². The zero-order chi connectivity index (χ0) is 38.9. The van der Waals surface area contributed by atoms with E-state index in [4.69, 9.17) is 4.74 Å². The molecule has 56 heavy (non-hydrogen) atoms. The topological polar surface area (TPSA) is 162 Å². The number of amides is 2. The standard InChI is InChI=1S/C43H40N8O5/c1-27-39(42(52)45-23-31-9-5-4-8-30(31)22-44)40(29-11-12-32-24-46-47-38(32)20-29)41(48(27)2)37-21-34(51(54)55)13-14-36(37)43(53)50-25-33-10-6-3-7-28(33)19-35(50)26-49-15-17-56-18-16-49/h3-14,20-21,24,35H,15-19,23,25-26H2,1-2H3,(H,45,52)(H,46,47)/t35-/m0/s1. The maximum absolute atomic E-state index is 15.2. The number of hydrogen-bond donors (Lipinski definition) is 2. The monoisotopic (exact) mass is 748 g/mol. The van der Waals surface area contributed by atoms with Crippen molar-refractivity contribution in [2.45, 2.75) is 32.5 Å². The number of carbonyl (C=O) groups excluding carboxylic acids is 2. The molecule has 8 rings (SSSR count). The fourth-order valence-corrected chi connectivity index (χ4v) is 8.07. The van der Waals surface area contributed by atoms with Crippen LogP contribution >= 0.6 is 0 Å². The van der Waals surface area contributed by atoms with E-state index in [-0.39, 0.29) is 24.2 Å². The average Bonchev–Trinajstić information content (AvgIpc) is 3.80. The highest BCUT2D eigenvalue weighted by Crippen LogP contribution is 2.42. The van der Waals surface area contributed by atoms with Crippen LogP contribution in [-0.2, 0) is 31.3 Å². The minimum Gasteiger partial charge on any atom is -0.379 e. The molecule has 1 saturated heterocycles. The molecule has 6 aromatic rings. The Kier molecular flexibility index (Phi) is 9.90. The van der Waals surface area contributed by atoms with Gasteiger partial charge in [0.05, 0.1) is 52.7 Å². The van der Waals surface area contributed by atoms with Gasteiger partial charge in [-0.25, -0.2) is 0 Å². The molecule has 0 spiro atoms. The van der Waals surface area contributed by atoms with Crippen molar-refractivity contribution in [1.82, 2.24) is 29.9 Å². The van der Waals surface area contributed by atoms with E-state index in [0.717, 1.165) is 29.6 Å². The minimum atomic E-state index is -0.470. The molecule has 13 heteroatoms. The summed E-state index contributed by atoms with van der Waals surface area (Å²) in [5.74, 6) is -0.649. The van der Waals surface area contributed by atoms with Gasteiger partial charge in [0.2, 0.25) is 0 Å². The van der Waals surface area contributed by atoms with Crippen LogP contribution in [0.5, 0.6) is 0 Å². The van der Waals surface area contributed by atoms with Crippen LogP contribution in [0.15, 0.2) is 91.1 Å². The number of nitrogens with zero attached hydrogens (tertiary/aromatic N) is 6. The summed E-state index contributed by atoms with van der Waals surface area (Å²) in [6.07, 6.45) is 2.37. The number of nitrogens with one attached hydrogen (secondary N) is 2. The fraction of sp³-hybridized carbons (Fsp3) is 0.256. The van der Waals surface area contributed by atoms with Crippen LogP contribution in [0.4, 0.5) is 5.69 Å². The number of fused-ring (bicyclic) bond motifs is 2. The van der Waals surface area contributed by atoms with Gasteiger partial charge in [-0.2, -0.15) is 10.4 Å². The summed E-state index contributed by atoms with van der Waals surface area (Å²) in [7, 11) is 1.80. The van der Waals surface area contributed by atoms with E-state index in [9.17, 15) is 20.2 Å². The van der Waals surface area contributed by atoms with E-state index in [0.29, 0.717) is 83.1 Å². The summed E-state index contributed by atoms with van der Waals surface area (Å²) in [6, 6.07) is 27.3. The molecule has 282 valence electrons. The van der Waals surface area contributed by atoms with Crippen LogP contribution in [0.3, 0.4) is 0 Å². The van der Waals surface area contributed by atoms with Crippen molar-refractivity contribution in [3.8, 4) is 28.5 Å². The van der Waals surface area contributed by atoms with Crippen molar-refractivity contribution in [2.24, 2.45) is 7.05 Å². The molecule has 0 radical (unpaired) electrons. The van der Waals surface area contributed by atoms with Crippen LogP contribution < -0.4 is 5.32 Å². The van der Waals surface area contributed by atoms with E-state index < -0.39 is 10.8 Å². The molecule has 0 unspecified atom stereocenters. The third-order valence-corrected chi connectivity index (χ3v) is 11.1. The third kappa shape index (κ3) is 6.81. The number of ether oxygens (including phenoxy) is 1. The molecule has 1 fully saturated rings. The van der Waals surface area contributed by atoms with E-state index in [1.807, 2.05) is 58.9 Å². The summed E-state index contributed by atoms with van der Waals surface area (Å²) in [5.41, 5.74) is 7.15. The molecule has 13 nitrogen and oxygen atoms in total. The number of carbonyl (C=O) groups is 2. The number of hydrogen-bond acceptors (Lipinski definition) is 8. The van der Waals surface area contributed by atoms with E-state index in [2.05, 4.69) is 32.5 Å². The van der Waals surface area contributed by atoms with Crippen molar-refractivity contribution in [3.05, 3.63) is 140 Å². The molecule has 0 saturated carbocycles. The Hall–Kier alpha value is -6.62. The first-order valence-electron chi connectivity index (χ1n) is 18.6. The van der Waals surface area contributed by atoms with Gasteiger partial charge in [0, 0.05) is 85.7 Å². The summed E-state index contributed by atoms with van der Waals surface area (Å²) in [5, 5.41) is 33.1. The second-order valence-electron chi connectivity index (χ2n) is 14.3. The van der Waals surface area contributed by atoms with Gasteiger partial charge in [-0.3, -0.25) is 29.7 Å². The predicted molar refractivity (Wildman–Crippen MR) is 211 cm³/mol. The van der Waals surface area contributed by atoms with Crippen molar-refractivity contribution >= 4 is 28.4 Å². The maximum atomic E-state index is 15.2. The van der Waals surface area contributed by atoms with Gasteiger partial charge in [0.25, 0.3) is 17.5 Å². The fourth-order valence-electron chi connectivity index (χ4n) is 8.07. The average molecular weight is 749 g/mol. The largest absolute Gasteiger partial charge is 0.379 e. The van der Waals surface area contributed by atoms with E-state index >= 15 is 4.79 Å². The molecule has 2 aromatic heterocycles. The molecule has 2 N–H and O–H groups in total. The lowest BCUT2D eigenvalue weighted by molar-refractivity contribution is -0.384. The summed E-state index contributed by atoms with van der Waals surface area (Å²) in [4.78, 5) is 45.7. The molecule has 2 aliphatic rings. The van der Waals surface area contributed by atoms with Gasteiger partial charge in [-0.05, 0) is 53.8 Å².